The van der Waals surface area contributed by atoms with E-state index in [9.17, 15) is 4.79 Å². The average molecular weight is 364 g/mol. The van der Waals surface area contributed by atoms with Crippen molar-refractivity contribution >= 4 is 23.2 Å². The van der Waals surface area contributed by atoms with Crippen LogP contribution in [0.3, 0.4) is 0 Å². The average Bonchev–Trinajstić information content (AvgIpc) is 3.21. The lowest BCUT2D eigenvalue weighted by atomic mass is 10.1. The predicted octanol–water partition coefficient (Wildman–Crippen LogP) is 3.81. The van der Waals surface area contributed by atoms with Gasteiger partial charge in [0.1, 0.15) is 5.75 Å². The highest BCUT2D eigenvalue weighted by Gasteiger charge is 2.29. The maximum absolute atomic E-state index is 12.3. The number of aromatic nitrogens is 1. The van der Waals surface area contributed by atoms with Crippen molar-refractivity contribution in [3.63, 3.8) is 0 Å². The van der Waals surface area contributed by atoms with Crippen LogP contribution < -0.4 is 10.1 Å². The van der Waals surface area contributed by atoms with E-state index >= 15 is 0 Å². The third-order valence-corrected chi connectivity index (χ3v) is 4.64. The topological polar surface area (TPSA) is 67.6 Å². The van der Waals surface area contributed by atoms with E-state index < -0.39 is 0 Å². The summed E-state index contributed by atoms with van der Waals surface area (Å²) >= 11 is 6.00. The van der Waals surface area contributed by atoms with Crippen molar-refractivity contribution in [2.75, 3.05) is 25.5 Å². The van der Waals surface area contributed by atoms with Gasteiger partial charge in [-0.1, -0.05) is 16.8 Å². The Bertz CT molecular complexity index is 747. The first-order valence-electron chi connectivity index (χ1n) is 8.37. The molecule has 2 heterocycles. The van der Waals surface area contributed by atoms with Crippen LogP contribution in [-0.4, -0.2) is 36.2 Å². The van der Waals surface area contributed by atoms with E-state index in [0.717, 1.165) is 30.8 Å². The normalized spacial score (nSPS) is 17.6. The van der Waals surface area contributed by atoms with E-state index in [1.54, 1.807) is 25.3 Å². The number of amides is 1. The van der Waals surface area contributed by atoms with Crippen molar-refractivity contribution < 1.29 is 14.1 Å². The molecule has 1 saturated heterocycles. The molecule has 1 fully saturated rings. The zero-order chi connectivity index (χ0) is 17.8. The largest absolute Gasteiger partial charge is 0.495 e. The molecule has 0 spiro atoms. The fraction of sp³-hybridized carbons (Fsp3) is 0.444. The maximum atomic E-state index is 12.3. The monoisotopic (exact) mass is 363 g/mol. The zero-order valence-corrected chi connectivity index (χ0v) is 15.2. The molecule has 3 rings (SSSR count). The van der Waals surface area contributed by atoms with Crippen LogP contribution >= 0.6 is 11.6 Å². The molecular weight excluding hydrogens is 342 g/mol. The highest BCUT2D eigenvalue weighted by molar-refractivity contribution is 6.31. The second-order valence-electron chi connectivity index (χ2n) is 6.21. The summed E-state index contributed by atoms with van der Waals surface area (Å²) in [5.41, 5.74) is 1.47. The van der Waals surface area contributed by atoms with E-state index in [4.69, 9.17) is 20.9 Å². The van der Waals surface area contributed by atoms with Gasteiger partial charge in [0, 0.05) is 24.1 Å². The van der Waals surface area contributed by atoms with Gasteiger partial charge in [-0.05, 0) is 44.5 Å². The molecule has 25 heavy (non-hydrogen) atoms. The first-order chi connectivity index (χ1) is 12.1. The molecule has 1 unspecified atom stereocenters. The van der Waals surface area contributed by atoms with Gasteiger partial charge in [0.05, 0.1) is 24.5 Å². The fourth-order valence-electron chi connectivity index (χ4n) is 3.19. The maximum Gasteiger partial charge on any atom is 0.225 e. The van der Waals surface area contributed by atoms with Gasteiger partial charge in [0.2, 0.25) is 5.91 Å². The van der Waals surface area contributed by atoms with E-state index in [-0.39, 0.29) is 11.9 Å². The summed E-state index contributed by atoms with van der Waals surface area (Å²) < 4.78 is 10.7. The lowest BCUT2D eigenvalue weighted by Crippen LogP contribution is -2.27. The molecule has 1 aliphatic heterocycles. The number of anilines is 1. The second kappa shape index (κ2) is 7.89. The summed E-state index contributed by atoms with van der Waals surface area (Å²) in [7, 11) is 1.56. The van der Waals surface area contributed by atoms with Crippen LogP contribution in [0.1, 0.15) is 36.8 Å². The molecule has 6 nitrogen and oxygen atoms in total. The molecule has 134 valence electrons. The van der Waals surface area contributed by atoms with Gasteiger partial charge < -0.3 is 14.6 Å². The number of ether oxygens (including phenoxy) is 1. The van der Waals surface area contributed by atoms with Crippen LogP contribution in [0.2, 0.25) is 5.02 Å². The summed E-state index contributed by atoms with van der Waals surface area (Å²) in [4.78, 5) is 14.6. The molecular formula is C18H22ClN3O3. The van der Waals surface area contributed by atoms with Crippen LogP contribution in [0.25, 0.3) is 0 Å². The van der Waals surface area contributed by atoms with Gasteiger partial charge >= 0.3 is 0 Å². The molecule has 1 aromatic carbocycles. The quantitative estimate of drug-likeness (QED) is 0.845. The van der Waals surface area contributed by atoms with Crippen LogP contribution in [0.4, 0.5) is 5.69 Å². The Hall–Kier alpha value is -2.05. The van der Waals surface area contributed by atoms with Crippen LogP contribution in [0, 0.1) is 6.92 Å². The highest BCUT2D eigenvalue weighted by Crippen LogP contribution is 2.32. The first kappa shape index (κ1) is 17.8. The van der Waals surface area contributed by atoms with Crippen molar-refractivity contribution in [3.05, 3.63) is 40.7 Å². The first-order valence-corrected chi connectivity index (χ1v) is 8.75. The van der Waals surface area contributed by atoms with Crippen LogP contribution in [0.5, 0.6) is 5.75 Å². The van der Waals surface area contributed by atoms with Crippen LogP contribution in [-0.2, 0) is 4.79 Å². The van der Waals surface area contributed by atoms with E-state index in [1.165, 1.54) is 0 Å². The Kier molecular flexibility index (Phi) is 5.60. The number of benzene rings is 1. The minimum Gasteiger partial charge on any atom is -0.495 e. The SMILES string of the molecule is COc1ccc(Cl)cc1NC(=O)CCN1CCCC1c1cc(C)no1. The molecule has 2 aromatic rings. The molecule has 1 aliphatic rings. The number of halogens is 1. The number of carbonyl (C=O) groups is 1. The molecule has 7 heteroatoms. The minimum atomic E-state index is -0.0695. The fourth-order valence-corrected chi connectivity index (χ4v) is 3.36. The number of nitrogens with zero attached hydrogens (tertiary/aromatic N) is 2. The summed E-state index contributed by atoms with van der Waals surface area (Å²) in [5.74, 6) is 1.40. The van der Waals surface area contributed by atoms with Crippen molar-refractivity contribution in [2.45, 2.75) is 32.2 Å². The Morgan fingerprint density at radius 1 is 1.48 bits per heavy atom. The van der Waals surface area contributed by atoms with E-state index in [0.29, 0.717) is 29.4 Å². The summed E-state index contributed by atoms with van der Waals surface area (Å²) in [6.45, 7) is 3.54. The van der Waals surface area contributed by atoms with Gasteiger partial charge in [0.25, 0.3) is 0 Å². The number of hydrogen-bond acceptors (Lipinski definition) is 5. The molecule has 1 aromatic heterocycles. The highest BCUT2D eigenvalue weighted by atomic mass is 35.5. The van der Waals surface area contributed by atoms with Gasteiger partial charge in [-0.2, -0.15) is 0 Å². The number of carbonyl (C=O) groups excluding carboxylic acids is 1. The number of hydrogen-bond donors (Lipinski definition) is 1. The summed E-state index contributed by atoms with van der Waals surface area (Å²) in [6.07, 6.45) is 2.51. The molecule has 1 N–H and O–H groups in total. The van der Waals surface area contributed by atoms with Gasteiger partial charge in [-0.25, -0.2) is 0 Å². The standard InChI is InChI=1S/C18H22ClN3O3/c1-12-10-17(25-21-12)15-4-3-8-22(15)9-7-18(23)20-14-11-13(19)5-6-16(14)24-2/h5-6,10-11,15H,3-4,7-9H2,1-2H3,(H,20,23). The predicted molar refractivity (Wildman–Crippen MR) is 96.0 cm³/mol. The molecule has 1 atom stereocenters. The summed E-state index contributed by atoms with van der Waals surface area (Å²) in [5, 5.41) is 7.39. The van der Waals surface area contributed by atoms with Crippen molar-refractivity contribution in [2.24, 2.45) is 0 Å². The Morgan fingerprint density at radius 3 is 3.04 bits per heavy atom. The molecule has 0 bridgehead atoms. The van der Waals surface area contributed by atoms with Gasteiger partial charge in [-0.3, -0.25) is 9.69 Å². The van der Waals surface area contributed by atoms with Gasteiger partial charge in [0.15, 0.2) is 5.76 Å². The summed E-state index contributed by atoms with van der Waals surface area (Å²) in [6, 6.07) is 7.33. The van der Waals surface area contributed by atoms with Crippen LogP contribution in [0.15, 0.2) is 28.8 Å². The van der Waals surface area contributed by atoms with Crippen molar-refractivity contribution in [1.82, 2.24) is 10.1 Å². The number of aryl methyl sites for hydroxylation is 1. The van der Waals surface area contributed by atoms with Gasteiger partial charge in [-0.15, -0.1) is 0 Å². The van der Waals surface area contributed by atoms with E-state index in [1.807, 2.05) is 13.0 Å². The number of rotatable bonds is 6. The lowest BCUT2D eigenvalue weighted by molar-refractivity contribution is -0.116. The van der Waals surface area contributed by atoms with E-state index in [2.05, 4.69) is 15.4 Å². The third kappa shape index (κ3) is 4.32. The third-order valence-electron chi connectivity index (χ3n) is 4.40. The smallest absolute Gasteiger partial charge is 0.225 e. The minimum absolute atomic E-state index is 0.0695. The Balaban J connectivity index is 1.58. The zero-order valence-electron chi connectivity index (χ0n) is 14.4. The molecule has 0 radical (unpaired) electrons. The molecule has 1 amide bonds. The number of likely N-dealkylation sites (tertiary alicyclic amines) is 1. The van der Waals surface area contributed by atoms with Crippen molar-refractivity contribution in [3.8, 4) is 5.75 Å². The molecule has 0 saturated carbocycles. The second-order valence-corrected chi connectivity index (χ2v) is 6.64. The number of nitrogens with one attached hydrogen (secondary N) is 1. The Labute approximate surface area is 152 Å². The lowest BCUT2D eigenvalue weighted by Gasteiger charge is -2.22. The van der Waals surface area contributed by atoms with Crippen molar-refractivity contribution in [1.29, 1.82) is 0 Å². The number of methoxy groups -OCH3 is 1. The Morgan fingerprint density at radius 2 is 2.32 bits per heavy atom. The molecule has 0 aliphatic carbocycles.